The fraction of sp³-hybridized carbons (Fsp3) is 0.600. The number of aliphatic hydroxyl groups is 1. The molecule has 0 saturated heterocycles. The Morgan fingerprint density at radius 3 is 1.95 bits per heavy atom. The molecule has 1 unspecified atom stereocenters. The Balaban J connectivity index is 2.88. The first-order valence-corrected chi connectivity index (χ1v) is 6.60. The molecule has 4 nitrogen and oxygen atoms in total. The second kappa shape index (κ2) is 7.36. The fourth-order valence-corrected chi connectivity index (χ4v) is 1.99. The van der Waals surface area contributed by atoms with E-state index in [4.69, 9.17) is 9.47 Å². The summed E-state index contributed by atoms with van der Waals surface area (Å²) < 4.78 is 10.5. The van der Waals surface area contributed by atoms with Gasteiger partial charge >= 0.3 is 0 Å². The lowest BCUT2D eigenvalue weighted by Gasteiger charge is -2.28. The maximum atomic E-state index is 9.56. The summed E-state index contributed by atoms with van der Waals surface area (Å²) in [4.78, 5) is 2.22. The van der Waals surface area contributed by atoms with E-state index in [-0.39, 0.29) is 6.10 Å². The number of hydrogen-bond donors (Lipinski definition) is 1. The van der Waals surface area contributed by atoms with Gasteiger partial charge in [0.1, 0.15) is 11.5 Å². The van der Waals surface area contributed by atoms with Gasteiger partial charge in [-0.25, -0.2) is 0 Å². The molecule has 1 aromatic carbocycles. The summed E-state index contributed by atoms with van der Waals surface area (Å²) in [6.07, 6.45) is -0.338. The van der Waals surface area contributed by atoms with E-state index in [1.54, 1.807) is 14.2 Å². The first-order valence-electron chi connectivity index (χ1n) is 6.60. The van der Waals surface area contributed by atoms with Crippen molar-refractivity contribution < 1.29 is 14.6 Å². The van der Waals surface area contributed by atoms with E-state index in [9.17, 15) is 5.11 Å². The van der Waals surface area contributed by atoms with Crippen LogP contribution in [-0.2, 0) is 6.54 Å². The Morgan fingerprint density at radius 1 is 1.05 bits per heavy atom. The normalized spacial score (nSPS) is 12.8. The maximum absolute atomic E-state index is 9.56. The van der Waals surface area contributed by atoms with Crippen molar-refractivity contribution >= 4 is 0 Å². The molecule has 4 heteroatoms. The van der Waals surface area contributed by atoms with E-state index in [0.29, 0.717) is 12.6 Å². The van der Waals surface area contributed by atoms with Gasteiger partial charge in [0.05, 0.1) is 20.3 Å². The van der Waals surface area contributed by atoms with Gasteiger partial charge < -0.3 is 14.6 Å². The summed E-state index contributed by atoms with van der Waals surface area (Å²) >= 11 is 0. The summed E-state index contributed by atoms with van der Waals surface area (Å²) in [7, 11) is 3.29. The van der Waals surface area contributed by atoms with Gasteiger partial charge in [-0.2, -0.15) is 0 Å². The molecule has 0 aliphatic rings. The highest BCUT2D eigenvalue weighted by molar-refractivity contribution is 5.38. The van der Waals surface area contributed by atoms with Gasteiger partial charge in [0.2, 0.25) is 0 Å². The van der Waals surface area contributed by atoms with Crippen molar-refractivity contribution in [2.45, 2.75) is 39.5 Å². The lowest BCUT2D eigenvalue weighted by Crippen LogP contribution is -2.36. The average molecular weight is 267 g/mol. The van der Waals surface area contributed by atoms with Crippen LogP contribution in [0.4, 0.5) is 0 Å². The molecule has 0 saturated carbocycles. The number of rotatable bonds is 7. The third-order valence-electron chi connectivity index (χ3n) is 3.03. The molecule has 1 N–H and O–H groups in total. The SMILES string of the molecule is COc1cc(CN(CC(C)O)C(C)C)cc(OC)c1. The first-order chi connectivity index (χ1) is 8.96. The van der Waals surface area contributed by atoms with E-state index < -0.39 is 0 Å². The smallest absolute Gasteiger partial charge is 0.122 e. The second-order valence-electron chi connectivity index (χ2n) is 5.09. The predicted octanol–water partition coefficient (Wildman–Crippen LogP) is 2.29. The number of hydrogen-bond acceptors (Lipinski definition) is 4. The van der Waals surface area contributed by atoms with Crippen LogP contribution in [0.2, 0.25) is 0 Å². The quantitative estimate of drug-likeness (QED) is 0.823. The van der Waals surface area contributed by atoms with Crippen LogP contribution in [0.1, 0.15) is 26.3 Å². The Hall–Kier alpha value is -1.26. The monoisotopic (exact) mass is 267 g/mol. The summed E-state index contributed by atoms with van der Waals surface area (Å²) in [6.45, 7) is 7.47. The molecule has 0 aliphatic carbocycles. The third-order valence-corrected chi connectivity index (χ3v) is 3.03. The van der Waals surface area contributed by atoms with Crippen molar-refractivity contribution in [1.82, 2.24) is 4.90 Å². The van der Waals surface area contributed by atoms with Crippen LogP contribution in [0.3, 0.4) is 0 Å². The molecule has 0 bridgehead atoms. The van der Waals surface area contributed by atoms with Gasteiger partial charge in [0.15, 0.2) is 0 Å². The van der Waals surface area contributed by atoms with Crippen molar-refractivity contribution in [3.63, 3.8) is 0 Å². The van der Waals surface area contributed by atoms with Crippen LogP contribution in [-0.4, -0.2) is 42.9 Å². The Morgan fingerprint density at radius 2 is 1.58 bits per heavy atom. The topological polar surface area (TPSA) is 41.9 Å². The van der Waals surface area contributed by atoms with E-state index in [0.717, 1.165) is 23.6 Å². The molecular formula is C15H25NO3. The van der Waals surface area contributed by atoms with Gasteiger partial charge in [0, 0.05) is 25.2 Å². The van der Waals surface area contributed by atoms with Crippen molar-refractivity contribution in [2.75, 3.05) is 20.8 Å². The molecule has 0 heterocycles. The highest BCUT2D eigenvalue weighted by atomic mass is 16.5. The van der Waals surface area contributed by atoms with Crippen LogP contribution >= 0.6 is 0 Å². The predicted molar refractivity (Wildman–Crippen MR) is 76.8 cm³/mol. The summed E-state index contributed by atoms with van der Waals surface area (Å²) in [5.41, 5.74) is 1.12. The van der Waals surface area contributed by atoms with E-state index in [1.165, 1.54) is 0 Å². The van der Waals surface area contributed by atoms with E-state index in [2.05, 4.69) is 18.7 Å². The van der Waals surface area contributed by atoms with Crippen molar-refractivity contribution in [1.29, 1.82) is 0 Å². The highest BCUT2D eigenvalue weighted by Gasteiger charge is 2.13. The van der Waals surface area contributed by atoms with Gasteiger partial charge in [-0.1, -0.05) is 0 Å². The zero-order valence-electron chi connectivity index (χ0n) is 12.5. The molecule has 0 aromatic heterocycles. The molecule has 0 aliphatic heterocycles. The van der Waals surface area contributed by atoms with Crippen LogP contribution < -0.4 is 9.47 Å². The zero-order valence-corrected chi connectivity index (χ0v) is 12.5. The van der Waals surface area contributed by atoms with Crippen LogP contribution in [0, 0.1) is 0 Å². The van der Waals surface area contributed by atoms with Gasteiger partial charge in [-0.15, -0.1) is 0 Å². The van der Waals surface area contributed by atoms with E-state index >= 15 is 0 Å². The van der Waals surface area contributed by atoms with Gasteiger partial charge in [-0.05, 0) is 38.5 Å². The molecule has 0 radical (unpaired) electrons. The highest BCUT2D eigenvalue weighted by Crippen LogP contribution is 2.23. The number of methoxy groups -OCH3 is 2. The fourth-order valence-electron chi connectivity index (χ4n) is 1.99. The second-order valence-corrected chi connectivity index (χ2v) is 5.09. The average Bonchev–Trinajstić information content (AvgIpc) is 2.36. The zero-order chi connectivity index (χ0) is 14.4. The van der Waals surface area contributed by atoms with Crippen molar-refractivity contribution in [2.24, 2.45) is 0 Å². The standard InChI is InChI=1S/C15H25NO3/c1-11(2)16(9-12(3)17)10-13-6-14(18-4)8-15(7-13)19-5/h6-8,11-12,17H,9-10H2,1-5H3. The van der Waals surface area contributed by atoms with Crippen LogP contribution in [0.5, 0.6) is 11.5 Å². The number of aliphatic hydroxyl groups excluding tert-OH is 1. The first kappa shape index (κ1) is 15.8. The molecule has 19 heavy (non-hydrogen) atoms. The minimum atomic E-state index is -0.338. The molecule has 108 valence electrons. The van der Waals surface area contributed by atoms with Gasteiger partial charge in [-0.3, -0.25) is 4.90 Å². The number of nitrogens with zero attached hydrogens (tertiary/aromatic N) is 1. The molecule has 0 amide bonds. The molecular weight excluding hydrogens is 242 g/mol. The molecule has 0 fully saturated rings. The largest absolute Gasteiger partial charge is 0.497 e. The van der Waals surface area contributed by atoms with Crippen molar-refractivity contribution in [3.8, 4) is 11.5 Å². The lowest BCUT2D eigenvalue weighted by molar-refractivity contribution is 0.103. The van der Waals surface area contributed by atoms with E-state index in [1.807, 2.05) is 25.1 Å². The van der Waals surface area contributed by atoms with Gasteiger partial charge in [0.25, 0.3) is 0 Å². The number of ether oxygens (including phenoxy) is 2. The third kappa shape index (κ3) is 5.09. The lowest BCUT2D eigenvalue weighted by atomic mass is 10.1. The Labute approximate surface area is 115 Å². The Bertz CT molecular complexity index is 369. The molecule has 1 atom stereocenters. The van der Waals surface area contributed by atoms with Crippen LogP contribution in [0.15, 0.2) is 18.2 Å². The number of benzene rings is 1. The van der Waals surface area contributed by atoms with Crippen LogP contribution in [0.25, 0.3) is 0 Å². The summed E-state index contributed by atoms with van der Waals surface area (Å²) in [5.74, 6) is 1.57. The minimum Gasteiger partial charge on any atom is -0.497 e. The molecule has 0 spiro atoms. The summed E-state index contributed by atoms with van der Waals surface area (Å²) in [6, 6.07) is 6.23. The molecule has 1 rings (SSSR count). The van der Waals surface area contributed by atoms with Crippen molar-refractivity contribution in [3.05, 3.63) is 23.8 Å². The summed E-state index contributed by atoms with van der Waals surface area (Å²) in [5, 5.41) is 9.56. The molecule has 1 aromatic rings. The minimum absolute atomic E-state index is 0.338. The Kier molecular flexibility index (Phi) is 6.12. The maximum Gasteiger partial charge on any atom is 0.122 e.